The summed E-state index contributed by atoms with van der Waals surface area (Å²) in [5.41, 5.74) is 0.181. The zero-order chi connectivity index (χ0) is 82.0. The first-order chi connectivity index (χ1) is 50.8. The van der Waals surface area contributed by atoms with Crippen LogP contribution in [0.5, 0.6) is 0 Å². The molecule has 3 unspecified atom stereocenters. The number of Topliss-reactive ketones (excluding diaryl/α,β-unsaturated/α-hetero) is 2. The fourth-order valence-corrected chi connectivity index (χ4v) is 21.4. The molecule has 0 radical (unpaired) electrons. The van der Waals surface area contributed by atoms with Crippen molar-refractivity contribution < 1.29 is 126 Å². The lowest BCUT2D eigenvalue weighted by atomic mass is 9.90. The minimum absolute atomic E-state index is 0.0286. The molecule has 2 heterocycles. The summed E-state index contributed by atoms with van der Waals surface area (Å²) in [4.78, 5) is 200. The van der Waals surface area contributed by atoms with Crippen molar-refractivity contribution in [1.29, 1.82) is 0 Å². The number of rotatable bonds is 52. The number of carboxylic acids is 7. The minimum atomic E-state index is -4.08. The van der Waals surface area contributed by atoms with Crippen molar-refractivity contribution in [1.82, 2.24) is 56.3 Å². The molecule has 8 atom stereocenters. The van der Waals surface area contributed by atoms with Gasteiger partial charge in [-0.15, -0.1) is 13.7 Å². The minimum Gasteiger partial charge on any atom is -0.481 e. The molecule has 5 amide bonds. The van der Waals surface area contributed by atoms with Crippen LogP contribution in [0.25, 0.3) is 0 Å². The number of hydrogen-bond donors (Lipinski definition) is 14. The van der Waals surface area contributed by atoms with E-state index in [1.165, 1.54) is 18.3 Å². The molecule has 612 valence electrons. The maximum atomic E-state index is 17.2. The number of halogens is 1. The number of carbonyl (C=O) groups is 14. The molecule has 36 nitrogen and oxygen atoms in total. The van der Waals surface area contributed by atoms with E-state index < -0.39 is 204 Å². The van der Waals surface area contributed by atoms with Crippen molar-refractivity contribution in [2.45, 2.75) is 192 Å². The van der Waals surface area contributed by atoms with Crippen molar-refractivity contribution in [3.63, 3.8) is 0 Å². The van der Waals surface area contributed by atoms with Gasteiger partial charge >= 0.3 is 41.8 Å². The number of nitrogens with one attached hydrogen (secondary N) is 5. The second kappa shape index (κ2) is 46.1. The van der Waals surface area contributed by atoms with Crippen molar-refractivity contribution in [2.24, 2.45) is 11.8 Å². The Labute approximate surface area is 634 Å². The zero-order valence-electron chi connectivity index (χ0n) is 62.6. The quantitative estimate of drug-likeness (QED) is 0.0194. The molecule has 14 N–H and O–H groups in total. The van der Waals surface area contributed by atoms with Crippen molar-refractivity contribution in [2.75, 3.05) is 89.7 Å². The van der Waals surface area contributed by atoms with Crippen LogP contribution in [0, 0.1) is 11.8 Å². The molecule has 3 rings (SSSR count). The van der Waals surface area contributed by atoms with E-state index in [0.717, 1.165) is 4.68 Å². The van der Waals surface area contributed by atoms with E-state index >= 15 is 4.11 Å². The van der Waals surface area contributed by atoms with Gasteiger partial charge in [0.25, 0.3) is 14.3 Å². The largest absolute Gasteiger partial charge is 0.481 e. The number of carbonyl (C=O) groups excluding carboxylic acids is 7. The highest BCUT2D eigenvalue weighted by molar-refractivity contribution is 7.58. The summed E-state index contributed by atoms with van der Waals surface area (Å²) in [7, 11) is -11.5. The smallest absolute Gasteiger partial charge is 0.326 e. The normalized spacial score (nSPS) is 16.1. The Kier molecular flexibility index (Phi) is 40.4. The standard InChI is InChI=1S/C68H109FN11O25P3Si/c1-67(2,3)109(69,68(4,5)6)51-19-14-45(15-20-51)61(92)72-40-54(80-41-48(75-76-80)39-71-56(84)25-35-107(102,103)43-78-30-28-77(42-106-34-24-59(88)89)29-31-79(33-32-78)44-108(104,105)36-26-60(90)91)62(93)74-53(66(100)101)13-9-10-27-70-55(83)22-18-49(81)11-7-8-12-52(65(98)99)73-57(85)21-16-46(63(94)95)37-50(82)38-47(64(96)97)17-23-58(86)87/h14-15,19-20,41,46-47,52-54,106H,7-13,16-18,21-40,42-44H2,1-6H3,(H,70,83)(H,71,84)(H,72,92)(H,73,85)(H,74,93)(H,86,87)(H,88,89)(H,90,91)(H,94,95)(H,96,97)(H,98,99)(H,100,101)(H,102,103)(H,104,105)/t46-,47-,52-,53-,54+/m1/s1. The van der Waals surface area contributed by atoms with Gasteiger partial charge in [0, 0.05) is 134 Å². The van der Waals surface area contributed by atoms with Gasteiger partial charge in [0.1, 0.15) is 35.4 Å². The second-order valence-electron chi connectivity index (χ2n) is 29.4. The number of amides is 5. The van der Waals surface area contributed by atoms with Crippen molar-refractivity contribution in [3.8, 4) is 0 Å². The van der Waals surface area contributed by atoms with E-state index in [-0.39, 0.29) is 135 Å². The van der Waals surface area contributed by atoms with Crippen LogP contribution < -0.4 is 31.8 Å². The second-order valence-corrected chi connectivity index (χ2v) is 40.4. The van der Waals surface area contributed by atoms with Gasteiger partial charge in [-0.3, -0.25) is 81.4 Å². The molecular weight excluding hydrogens is 1510 g/mol. The molecule has 109 heavy (non-hydrogen) atoms. The molecule has 0 bridgehead atoms. The molecular formula is C68H109FN11O25P3Si. The average Bonchev–Trinajstić information content (AvgIpc) is 0.940. The van der Waals surface area contributed by atoms with Crippen LogP contribution in [-0.2, 0) is 78.0 Å². The maximum absolute atomic E-state index is 17.2. The summed E-state index contributed by atoms with van der Waals surface area (Å²) in [6.07, 6.45) is -3.46. The summed E-state index contributed by atoms with van der Waals surface area (Å²) in [6, 6.07) is 1.62. The maximum Gasteiger partial charge on any atom is 0.326 e. The Morgan fingerprint density at radius 3 is 1.55 bits per heavy atom. The van der Waals surface area contributed by atoms with Crippen LogP contribution >= 0.6 is 23.3 Å². The Bertz CT molecular complexity index is 3550. The Hall–Kier alpha value is -7.82. The van der Waals surface area contributed by atoms with Gasteiger partial charge in [0.2, 0.25) is 38.4 Å². The third kappa shape index (κ3) is 36.3. The molecule has 1 aliphatic heterocycles. The van der Waals surface area contributed by atoms with Gasteiger partial charge in [-0.1, -0.05) is 65.3 Å². The zero-order valence-corrected chi connectivity index (χ0v) is 66.4. The Morgan fingerprint density at radius 1 is 0.541 bits per heavy atom. The van der Waals surface area contributed by atoms with Crippen LogP contribution in [0.4, 0.5) is 4.11 Å². The van der Waals surface area contributed by atoms with E-state index in [9.17, 15) is 106 Å². The third-order valence-corrected chi connectivity index (χ3v) is 28.4. The van der Waals surface area contributed by atoms with Crippen molar-refractivity contribution >= 4 is 120 Å². The topological polar surface area (TPSA) is 556 Å². The molecule has 1 aromatic heterocycles. The SMILES string of the molecule is CC(C)(C)[Si](F)(c1ccc(C(=O)NC[C@@H](C(=O)N[C@H](CCCCNC(=O)CCC(=O)CCCC[C@@H](NC(=O)CC[C@H](CC(=O)C[C@@H](CCC(=O)O)C(=O)O)C(=O)O)C(=O)O)C(=O)O)n2cc(CNC(=O)CCP(=O)(O)CN3CCN(CPCCC(=O)O)CCN(CP(=O)(O)CCC(=O)O)CC3)nn2)cc1)C(C)(C)C. The number of hydrogen-bond acceptors (Lipinski definition) is 21. The fourth-order valence-electron chi connectivity index (χ4n) is 12.4. The molecule has 2 aromatic rings. The molecule has 1 aliphatic rings. The fraction of sp³-hybridized carbons (Fsp3) is 0.676. The van der Waals surface area contributed by atoms with Gasteiger partial charge in [-0.25, -0.2) is 14.3 Å². The van der Waals surface area contributed by atoms with Crippen LogP contribution in [0.1, 0.15) is 179 Å². The summed E-state index contributed by atoms with van der Waals surface area (Å²) in [5.74, 6) is -16.7. The molecule has 1 fully saturated rings. The number of carboxylic acid groups (broad SMARTS) is 7. The molecule has 1 aromatic carbocycles. The van der Waals surface area contributed by atoms with Crippen LogP contribution in [-0.4, -0.2) is 268 Å². The lowest BCUT2D eigenvalue weighted by Gasteiger charge is -2.44. The number of unbranched alkanes of at least 4 members (excludes halogenated alkanes) is 2. The van der Waals surface area contributed by atoms with E-state index in [1.54, 1.807) is 21.9 Å². The van der Waals surface area contributed by atoms with E-state index in [2.05, 4.69) is 36.9 Å². The monoisotopic (exact) mass is 1620 g/mol. The van der Waals surface area contributed by atoms with E-state index in [1.807, 2.05) is 46.4 Å². The lowest BCUT2D eigenvalue weighted by Crippen LogP contribution is -2.57. The molecule has 41 heteroatoms. The van der Waals surface area contributed by atoms with E-state index in [0.29, 0.717) is 43.8 Å². The predicted molar refractivity (Wildman–Crippen MR) is 398 cm³/mol. The first kappa shape index (κ1) is 95.4. The number of benzene rings is 1. The van der Waals surface area contributed by atoms with Gasteiger partial charge < -0.3 is 76.2 Å². The number of ketones is 2. The highest BCUT2D eigenvalue weighted by Gasteiger charge is 2.56. The molecule has 0 saturated carbocycles. The summed E-state index contributed by atoms with van der Waals surface area (Å²) >= 11 is 0. The average molecular weight is 1620 g/mol. The number of nitrogens with zero attached hydrogens (tertiary/aromatic N) is 6. The molecule has 0 spiro atoms. The molecule has 1 saturated heterocycles. The summed E-state index contributed by atoms with van der Waals surface area (Å²) in [6.45, 7) is 12.0. The highest BCUT2D eigenvalue weighted by atomic mass is 31.2. The Morgan fingerprint density at radius 2 is 1.04 bits per heavy atom. The Balaban J connectivity index is 1.62. The predicted octanol–water partition coefficient (Wildman–Crippen LogP) is 3.67. The van der Waals surface area contributed by atoms with Gasteiger partial charge in [-0.05, 0) is 78.5 Å². The molecule has 0 aliphatic carbocycles. The van der Waals surface area contributed by atoms with Gasteiger partial charge in [0.05, 0.1) is 43.6 Å². The summed E-state index contributed by atoms with van der Waals surface area (Å²) < 4.78 is 45.0. The van der Waals surface area contributed by atoms with Gasteiger partial charge in [-0.2, -0.15) is 0 Å². The summed E-state index contributed by atoms with van der Waals surface area (Å²) in [5, 5.41) is 85.8. The number of aromatic nitrogens is 3. The van der Waals surface area contributed by atoms with Crippen molar-refractivity contribution in [3.05, 3.63) is 41.7 Å². The van der Waals surface area contributed by atoms with Crippen LogP contribution in [0.2, 0.25) is 10.1 Å². The number of aliphatic carboxylic acids is 7. The van der Waals surface area contributed by atoms with E-state index in [4.69, 9.17) is 15.3 Å². The highest BCUT2D eigenvalue weighted by Crippen LogP contribution is 2.51. The lowest BCUT2D eigenvalue weighted by molar-refractivity contribution is -0.146. The van der Waals surface area contributed by atoms with Crippen LogP contribution in [0.3, 0.4) is 0 Å². The first-order valence-electron chi connectivity index (χ1n) is 36.0. The van der Waals surface area contributed by atoms with Gasteiger partial charge in [0.15, 0.2) is 0 Å². The first-order valence-corrected chi connectivity index (χ1v) is 43.4. The van der Waals surface area contributed by atoms with Crippen LogP contribution in [0.15, 0.2) is 30.5 Å². The third-order valence-electron chi connectivity index (χ3n) is 18.4.